The van der Waals surface area contributed by atoms with Crippen LogP contribution in [-0.4, -0.2) is 64.9 Å². The van der Waals surface area contributed by atoms with Crippen LogP contribution >= 0.6 is 34.8 Å². The first-order valence-corrected chi connectivity index (χ1v) is 13.5. The Labute approximate surface area is 241 Å². The van der Waals surface area contributed by atoms with Crippen molar-refractivity contribution in [2.24, 2.45) is 0 Å². The van der Waals surface area contributed by atoms with Gasteiger partial charge in [-0.3, -0.25) is 9.69 Å². The lowest BCUT2D eigenvalue weighted by atomic mass is 10.1. The molecule has 0 saturated carbocycles. The summed E-state index contributed by atoms with van der Waals surface area (Å²) in [6.07, 6.45) is 0.356. The van der Waals surface area contributed by atoms with Gasteiger partial charge in [0.1, 0.15) is 16.9 Å². The Kier molecular flexibility index (Phi) is 8.86. The number of hydrogen-bond acceptors (Lipinski definition) is 5. The van der Waals surface area contributed by atoms with E-state index in [4.69, 9.17) is 39.8 Å². The summed E-state index contributed by atoms with van der Waals surface area (Å²) in [5.41, 5.74) is 2.69. The topological polar surface area (TPSA) is 99.2 Å². The molecule has 0 aliphatic carbocycles. The zero-order valence-corrected chi connectivity index (χ0v) is 24.6. The van der Waals surface area contributed by atoms with Gasteiger partial charge >= 0.3 is 6.03 Å². The summed E-state index contributed by atoms with van der Waals surface area (Å²) in [4.78, 5) is 36.9. The predicted octanol–water partition coefficient (Wildman–Crippen LogP) is 5.49. The Morgan fingerprint density at radius 3 is 2.31 bits per heavy atom. The summed E-state index contributed by atoms with van der Waals surface area (Å²) >= 11 is 19.1. The highest BCUT2D eigenvalue weighted by molar-refractivity contribution is 6.40. The van der Waals surface area contributed by atoms with Gasteiger partial charge in [0.15, 0.2) is 5.65 Å². The molecule has 0 aliphatic rings. The molecule has 0 aliphatic heterocycles. The second-order valence-electron chi connectivity index (χ2n) is 9.82. The molecule has 2 heterocycles. The van der Waals surface area contributed by atoms with Crippen LogP contribution in [0, 0.1) is 0 Å². The molecule has 2 N–H and O–H groups in total. The molecule has 2 amide bonds. The Morgan fingerprint density at radius 2 is 1.72 bits per heavy atom. The molecule has 0 saturated heterocycles. The molecule has 2 aromatic heterocycles. The van der Waals surface area contributed by atoms with Crippen LogP contribution in [0.2, 0.25) is 15.1 Å². The van der Waals surface area contributed by atoms with Crippen LogP contribution in [0.4, 0.5) is 10.5 Å². The van der Waals surface area contributed by atoms with Crippen LogP contribution in [0.5, 0.6) is 0 Å². The molecule has 9 nitrogen and oxygen atoms in total. The van der Waals surface area contributed by atoms with E-state index in [0.717, 1.165) is 17.8 Å². The highest BCUT2D eigenvalue weighted by Crippen LogP contribution is 2.34. The zero-order chi connectivity index (χ0) is 28.4. The van der Waals surface area contributed by atoms with E-state index in [1.54, 1.807) is 24.1 Å². The largest absolute Gasteiger partial charge is 0.336 e. The zero-order valence-electron chi connectivity index (χ0n) is 22.3. The first-order valence-electron chi connectivity index (χ1n) is 12.4. The van der Waals surface area contributed by atoms with Gasteiger partial charge in [-0.05, 0) is 49.8 Å². The number of rotatable bonds is 8. The quantitative estimate of drug-likeness (QED) is 0.283. The van der Waals surface area contributed by atoms with E-state index in [9.17, 15) is 9.59 Å². The fourth-order valence-corrected chi connectivity index (χ4v) is 5.11. The monoisotopic (exact) mass is 589 g/mol. The third-order valence-electron chi connectivity index (χ3n) is 6.19. The number of urea groups is 1. The van der Waals surface area contributed by atoms with Crippen molar-refractivity contribution in [3.63, 3.8) is 0 Å². The molecule has 0 spiro atoms. The first-order chi connectivity index (χ1) is 18.5. The fourth-order valence-electron chi connectivity index (χ4n) is 4.13. The van der Waals surface area contributed by atoms with Crippen molar-refractivity contribution in [3.8, 4) is 5.69 Å². The maximum absolute atomic E-state index is 13.2. The van der Waals surface area contributed by atoms with E-state index in [1.165, 1.54) is 4.68 Å². The fraction of sp³-hybridized carbons (Fsp3) is 0.333. The summed E-state index contributed by atoms with van der Waals surface area (Å²) in [6.45, 7) is 5.20. The number of fused-ring (bicyclic) bond motifs is 1. The van der Waals surface area contributed by atoms with Crippen LogP contribution in [-0.2, 0) is 6.42 Å². The van der Waals surface area contributed by atoms with E-state index in [0.29, 0.717) is 56.3 Å². The van der Waals surface area contributed by atoms with E-state index >= 15 is 0 Å². The summed E-state index contributed by atoms with van der Waals surface area (Å²) in [6, 6.07) is 10.5. The van der Waals surface area contributed by atoms with E-state index in [-0.39, 0.29) is 17.5 Å². The van der Waals surface area contributed by atoms with Crippen LogP contribution in [0.1, 0.15) is 36.8 Å². The Hall–Kier alpha value is -3.11. The molecular weight excluding hydrogens is 561 g/mol. The Bertz CT molecular complexity index is 1540. The lowest BCUT2D eigenvalue weighted by Crippen LogP contribution is -2.40. The number of halogens is 3. The molecular formula is C27H30Cl3N7O2. The number of aromatic nitrogens is 4. The molecule has 39 heavy (non-hydrogen) atoms. The van der Waals surface area contributed by atoms with Gasteiger partial charge in [0.25, 0.3) is 5.56 Å². The molecule has 12 heteroatoms. The summed E-state index contributed by atoms with van der Waals surface area (Å²) in [5, 5.41) is 8.92. The predicted molar refractivity (Wildman–Crippen MR) is 158 cm³/mol. The van der Waals surface area contributed by atoms with Crippen molar-refractivity contribution in [1.82, 2.24) is 30.0 Å². The number of benzene rings is 2. The number of amides is 2. The molecule has 0 bridgehead atoms. The number of H-pyrrole nitrogens is 1. The number of nitrogens with zero attached hydrogens (tertiary/aromatic N) is 5. The molecule has 4 aromatic rings. The number of carbonyl (C=O) groups is 1. The molecule has 0 fully saturated rings. The number of likely N-dealkylation sites (N-methyl/N-ethyl adjacent to an activating group) is 1. The van der Waals surface area contributed by atoms with E-state index < -0.39 is 0 Å². The number of nitrogens with one attached hydrogen (secondary N) is 2. The van der Waals surface area contributed by atoms with Crippen LogP contribution < -0.4 is 15.8 Å². The van der Waals surface area contributed by atoms with Gasteiger partial charge in [-0.1, -0.05) is 60.8 Å². The van der Waals surface area contributed by atoms with Crippen molar-refractivity contribution < 1.29 is 4.79 Å². The van der Waals surface area contributed by atoms with Crippen LogP contribution in [0.15, 0.2) is 41.2 Å². The lowest BCUT2D eigenvalue weighted by molar-refractivity contribution is 0.246. The average Bonchev–Trinajstić information content (AvgIpc) is 3.23. The van der Waals surface area contributed by atoms with E-state index in [2.05, 4.69) is 15.4 Å². The van der Waals surface area contributed by atoms with Crippen molar-refractivity contribution in [1.29, 1.82) is 0 Å². The van der Waals surface area contributed by atoms with Gasteiger partial charge in [-0.25, -0.2) is 14.5 Å². The maximum Gasteiger partial charge on any atom is 0.321 e. The van der Waals surface area contributed by atoms with Crippen molar-refractivity contribution in [2.45, 2.75) is 26.2 Å². The summed E-state index contributed by atoms with van der Waals surface area (Å²) < 4.78 is 1.51. The van der Waals surface area contributed by atoms with Crippen molar-refractivity contribution >= 4 is 57.6 Å². The van der Waals surface area contributed by atoms with Crippen molar-refractivity contribution in [3.05, 3.63) is 78.9 Å². The van der Waals surface area contributed by atoms with Gasteiger partial charge in [-0.2, -0.15) is 5.10 Å². The maximum atomic E-state index is 13.2. The highest BCUT2D eigenvalue weighted by Gasteiger charge is 2.23. The Morgan fingerprint density at radius 1 is 1.08 bits per heavy atom. The summed E-state index contributed by atoms with van der Waals surface area (Å²) in [5.74, 6) is 0.407. The molecule has 4 rings (SSSR count). The molecule has 0 atom stereocenters. The molecule has 206 valence electrons. The third-order valence-corrected chi connectivity index (χ3v) is 6.98. The van der Waals surface area contributed by atoms with Crippen LogP contribution in [0.3, 0.4) is 0 Å². The minimum Gasteiger partial charge on any atom is -0.336 e. The van der Waals surface area contributed by atoms with Crippen LogP contribution in [0.25, 0.3) is 16.7 Å². The lowest BCUT2D eigenvalue weighted by Gasteiger charge is -2.19. The van der Waals surface area contributed by atoms with Gasteiger partial charge in [-0.15, -0.1) is 0 Å². The van der Waals surface area contributed by atoms with Gasteiger partial charge in [0, 0.05) is 37.3 Å². The number of aromatic amines is 1. The Balaban J connectivity index is 1.65. The SMILES string of the molecule is CC(C)c1nn(-c2c(Cl)cc(Cl)cc2Cl)c2nc(Cc3ccc(N(C)C(=O)NCCN(C)C)cc3)[nH]c(=O)c12. The van der Waals surface area contributed by atoms with Gasteiger partial charge in [0.2, 0.25) is 0 Å². The standard InChI is InChI=1S/C27H30Cl3N7O2/c1-15(2)23-22-25(37(34-23)24-19(29)13-17(28)14-20(24)30)32-21(33-26(22)38)12-16-6-8-18(9-7-16)36(5)27(39)31-10-11-35(3)4/h6-9,13-15H,10-12H2,1-5H3,(H,31,39)(H,32,33,38). The third kappa shape index (κ3) is 6.38. The number of hydrogen-bond donors (Lipinski definition) is 2. The molecule has 0 radical (unpaired) electrons. The van der Waals surface area contributed by atoms with Gasteiger partial charge < -0.3 is 15.2 Å². The molecule has 2 aromatic carbocycles. The second-order valence-corrected chi connectivity index (χ2v) is 11.1. The first kappa shape index (κ1) is 28.9. The average molecular weight is 591 g/mol. The minimum atomic E-state index is -0.295. The summed E-state index contributed by atoms with van der Waals surface area (Å²) in [7, 11) is 5.62. The minimum absolute atomic E-state index is 0.0445. The highest BCUT2D eigenvalue weighted by atomic mass is 35.5. The van der Waals surface area contributed by atoms with Crippen molar-refractivity contribution in [2.75, 3.05) is 39.1 Å². The second kappa shape index (κ2) is 12.0. The van der Waals surface area contributed by atoms with E-state index in [1.807, 2.05) is 57.1 Å². The smallest absolute Gasteiger partial charge is 0.321 e. The number of carbonyl (C=O) groups excluding carboxylic acids is 1. The number of anilines is 1. The van der Waals surface area contributed by atoms with Gasteiger partial charge in [0.05, 0.1) is 15.7 Å². The normalized spacial score (nSPS) is 11.5. The molecule has 0 unspecified atom stereocenters.